The maximum Gasteiger partial charge on any atom is 0.269 e. The third kappa shape index (κ3) is 2.75. The largest absolute Gasteiger partial charge is 0.324 e. The molecule has 31 heavy (non-hydrogen) atoms. The van der Waals surface area contributed by atoms with E-state index in [0.717, 1.165) is 11.1 Å². The van der Waals surface area contributed by atoms with Gasteiger partial charge in [-0.1, -0.05) is 36.4 Å². The van der Waals surface area contributed by atoms with Crippen LogP contribution in [0, 0.1) is 16.0 Å². The van der Waals surface area contributed by atoms with Gasteiger partial charge in [0.05, 0.1) is 15.7 Å². The molecule has 1 fully saturated rings. The lowest BCUT2D eigenvalue weighted by Crippen LogP contribution is -2.51. The molecule has 156 valence electrons. The molecule has 2 aliphatic heterocycles. The van der Waals surface area contributed by atoms with Gasteiger partial charge in [-0.15, -0.1) is 11.3 Å². The lowest BCUT2D eigenvalue weighted by Gasteiger charge is -2.35. The van der Waals surface area contributed by atoms with Gasteiger partial charge in [0, 0.05) is 35.8 Å². The summed E-state index contributed by atoms with van der Waals surface area (Å²) in [7, 11) is 1.86. The first-order valence-corrected chi connectivity index (χ1v) is 10.8. The average Bonchev–Trinajstić information content (AvgIpc) is 3.47. The van der Waals surface area contributed by atoms with E-state index in [0.29, 0.717) is 17.1 Å². The first-order valence-electron chi connectivity index (χ1n) is 9.89. The second-order valence-electron chi connectivity index (χ2n) is 7.92. The number of carbonyl (C=O) groups excluding carboxylic acids is 2. The number of fused-ring (bicyclic) bond motifs is 2. The van der Waals surface area contributed by atoms with Gasteiger partial charge in [0.1, 0.15) is 5.54 Å². The smallest absolute Gasteiger partial charge is 0.269 e. The van der Waals surface area contributed by atoms with E-state index < -0.39 is 16.4 Å². The van der Waals surface area contributed by atoms with Crippen LogP contribution in [0.2, 0.25) is 0 Å². The molecule has 3 atom stereocenters. The fourth-order valence-electron chi connectivity index (χ4n) is 5.11. The number of hydrogen-bond acceptors (Lipinski definition) is 6. The molecule has 1 aromatic heterocycles. The quantitative estimate of drug-likeness (QED) is 0.381. The number of nitro groups is 1. The number of Topliss-reactive ketones (excluding diaryl/α,β-unsaturated/α-hetero) is 1. The van der Waals surface area contributed by atoms with Crippen molar-refractivity contribution in [2.75, 3.05) is 18.9 Å². The van der Waals surface area contributed by atoms with Gasteiger partial charge >= 0.3 is 0 Å². The molecule has 1 amide bonds. The van der Waals surface area contributed by atoms with E-state index >= 15 is 0 Å². The number of nitrogens with zero attached hydrogens (tertiary/aromatic N) is 2. The Morgan fingerprint density at radius 1 is 1.16 bits per heavy atom. The van der Waals surface area contributed by atoms with Crippen molar-refractivity contribution >= 4 is 34.4 Å². The van der Waals surface area contributed by atoms with Gasteiger partial charge in [0.15, 0.2) is 5.78 Å². The van der Waals surface area contributed by atoms with Crippen LogP contribution in [0.25, 0.3) is 0 Å². The molecular weight excluding hydrogens is 414 g/mol. The monoisotopic (exact) mass is 433 g/mol. The summed E-state index contributed by atoms with van der Waals surface area (Å²) in [6.07, 6.45) is 0. The number of non-ortho nitro benzene ring substituents is 1. The molecule has 2 aliphatic rings. The molecule has 1 N–H and O–H groups in total. The lowest BCUT2D eigenvalue weighted by molar-refractivity contribution is -0.384. The van der Waals surface area contributed by atoms with Crippen molar-refractivity contribution in [1.29, 1.82) is 0 Å². The average molecular weight is 433 g/mol. The maximum atomic E-state index is 13.8. The summed E-state index contributed by atoms with van der Waals surface area (Å²) < 4.78 is 0. The number of amides is 1. The minimum Gasteiger partial charge on any atom is -0.324 e. The van der Waals surface area contributed by atoms with Gasteiger partial charge in [0.25, 0.3) is 5.69 Å². The number of hydrogen-bond donors (Lipinski definition) is 1. The molecule has 3 heterocycles. The standard InChI is InChI=1S/C23H19N3O4S/c1-25-13-16(14-8-10-15(11-9-14)26(29)30)20(21(27)19-7-4-12-31-19)23(25)17-5-2-3-6-18(17)24-22(23)28/h2-12,16,20H,13H2,1H3,(H,24,28)/t16-,20-,23+/m1/s1. The molecule has 1 saturated heterocycles. The van der Waals surface area contributed by atoms with Gasteiger partial charge in [-0.05, 0) is 30.1 Å². The number of nitrogens with one attached hydrogen (secondary N) is 1. The first-order chi connectivity index (χ1) is 14.9. The zero-order valence-corrected chi connectivity index (χ0v) is 17.5. The molecular formula is C23H19N3O4S. The van der Waals surface area contributed by atoms with Gasteiger partial charge in [-0.2, -0.15) is 0 Å². The topological polar surface area (TPSA) is 92.5 Å². The van der Waals surface area contributed by atoms with E-state index in [9.17, 15) is 19.7 Å². The molecule has 8 heteroatoms. The summed E-state index contributed by atoms with van der Waals surface area (Å²) in [6, 6.07) is 17.4. The molecule has 5 rings (SSSR count). The normalized spacial score (nSPS) is 24.9. The number of likely N-dealkylation sites (N-methyl/N-ethyl adjacent to an activating group) is 1. The molecule has 0 saturated carbocycles. The van der Waals surface area contributed by atoms with E-state index in [1.807, 2.05) is 47.7 Å². The molecule has 3 aromatic rings. The second-order valence-corrected chi connectivity index (χ2v) is 8.87. The summed E-state index contributed by atoms with van der Waals surface area (Å²) in [5.74, 6) is -1.26. The van der Waals surface area contributed by atoms with Crippen LogP contribution in [0.1, 0.15) is 26.7 Å². The number of likely N-dealkylation sites (tertiary alicyclic amines) is 1. The van der Waals surface area contributed by atoms with Gasteiger partial charge < -0.3 is 5.32 Å². The Morgan fingerprint density at radius 3 is 2.58 bits per heavy atom. The number of carbonyl (C=O) groups is 2. The van der Waals surface area contributed by atoms with Crippen molar-refractivity contribution in [3.63, 3.8) is 0 Å². The molecule has 7 nitrogen and oxygen atoms in total. The molecule has 0 unspecified atom stereocenters. The number of rotatable bonds is 4. The number of thiophene rings is 1. The summed E-state index contributed by atoms with van der Waals surface area (Å²) in [5.41, 5.74) is 1.18. The number of anilines is 1. The molecule has 0 bridgehead atoms. The van der Waals surface area contributed by atoms with Crippen LogP contribution >= 0.6 is 11.3 Å². The fraction of sp³-hybridized carbons (Fsp3) is 0.217. The zero-order valence-electron chi connectivity index (χ0n) is 16.6. The Morgan fingerprint density at radius 2 is 1.90 bits per heavy atom. The van der Waals surface area contributed by atoms with Gasteiger partial charge in [0.2, 0.25) is 5.91 Å². The fourth-order valence-corrected chi connectivity index (χ4v) is 5.81. The maximum absolute atomic E-state index is 13.8. The Bertz CT molecular complexity index is 1190. The van der Waals surface area contributed by atoms with Crippen LogP contribution in [0.15, 0.2) is 66.0 Å². The molecule has 0 aliphatic carbocycles. The van der Waals surface area contributed by atoms with Crippen LogP contribution in [-0.4, -0.2) is 35.1 Å². The number of ketones is 1. The highest BCUT2D eigenvalue weighted by atomic mass is 32.1. The molecule has 2 aromatic carbocycles. The van der Waals surface area contributed by atoms with Crippen molar-refractivity contribution < 1.29 is 14.5 Å². The van der Waals surface area contributed by atoms with Crippen molar-refractivity contribution in [3.8, 4) is 0 Å². The van der Waals surface area contributed by atoms with E-state index in [4.69, 9.17) is 0 Å². The third-order valence-electron chi connectivity index (χ3n) is 6.44. The van der Waals surface area contributed by atoms with Crippen molar-refractivity contribution in [2.45, 2.75) is 11.5 Å². The van der Waals surface area contributed by atoms with E-state index in [-0.39, 0.29) is 23.3 Å². The SMILES string of the molecule is CN1C[C@H](c2ccc([N+](=O)[O-])cc2)[C@H](C(=O)c2cccs2)[C@@]12C(=O)Nc1ccccc12. The van der Waals surface area contributed by atoms with Crippen LogP contribution < -0.4 is 5.32 Å². The Hall–Kier alpha value is -3.36. The predicted octanol–water partition coefficient (Wildman–Crippen LogP) is 4.03. The lowest BCUT2D eigenvalue weighted by atomic mass is 9.71. The van der Waals surface area contributed by atoms with Crippen LogP contribution in [-0.2, 0) is 10.3 Å². The van der Waals surface area contributed by atoms with Crippen molar-refractivity contribution in [1.82, 2.24) is 4.90 Å². The number of nitro benzene ring substituents is 1. The van der Waals surface area contributed by atoms with Gasteiger partial charge in [-0.3, -0.25) is 24.6 Å². The van der Waals surface area contributed by atoms with Gasteiger partial charge in [-0.25, -0.2) is 0 Å². The third-order valence-corrected chi connectivity index (χ3v) is 7.32. The van der Waals surface area contributed by atoms with Crippen LogP contribution in [0.4, 0.5) is 11.4 Å². The summed E-state index contributed by atoms with van der Waals surface area (Å²) in [5, 5.41) is 15.9. The van der Waals surface area contributed by atoms with Crippen LogP contribution in [0.3, 0.4) is 0 Å². The molecule has 1 spiro atoms. The summed E-state index contributed by atoms with van der Waals surface area (Å²) in [6.45, 7) is 0.474. The highest BCUT2D eigenvalue weighted by molar-refractivity contribution is 7.12. The highest BCUT2D eigenvalue weighted by Gasteiger charge is 2.64. The Kier molecular flexibility index (Phi) is 4.49. The minimum atomic E-state index is -1.13. The highest BCUT2D eigenvalue weighted by Crippen LogP contribution is 2.55. The van der Waals surface area contributed by atoms with E-state index in [1.165, 1.54) is 23.5 Å². The predicted molar refractivity (Wildman–Crippen MR) is 117 cm³/mol. The molecule has 0 radical (unpaired) electrons. The van der Waals surface area contributed by atoms with Crippen molar-refractivity contribution in [2.24, 2.45) is 5.92 Å². The Labute approximate surface area is 182 Å². The number of benzene rings is 2. The van der Waals surface area contributed by atoms with E-state index in [1.54, 1.807) is 18.2 Å². The summed E-state index contributed by atoms with van der Waals surface area (Å²) >= 11 is 1.36. The van der Waals surface area contributed by atoms with Crippen molar-refractivity contribution in [3.05, 3.63) is 92.2 Å². The first kappa shape index (κ1) is 19.6. The second kappa shape index (κ2) is 7.11. The van der Waals surface area contributed by atoms with Crippen LogP contribution in [0.5, 0.6) is 0 Å². The van der Waals surface area contributed by atoms with E-state index in [2.05, 4.69) is 5.32 Å². The minimum absolute atomic E-state index is 0.00472. The Balaban J connectivity index is 1.69. The number of para-hydroxylation sites is 1. The zero-order chi connectivity index (χ0) is 21.8. The summed E-state index contributed by atoms with van der Waals surface area (Å²) in [4.78, 5) is 40.5.